The Kier molecular flexibility index (Phi) is 2.71. The fourth-order valence-corrected chi connectivity index (χ4v) is 1.81. The molecule has 1 aliphatic rings. The van der Waals surface area contributed by atoms with Crippen molar-refractivity contribution in [2.45, 2.75) is 18.9 Å². The molecule has 0 aromatic heterocycles. The van der Waals surface area contributed by atoms with Crippen molar-refractivity contribution in [2.75, 3.05) is 0 Å². The van der Waals surface area contributed by atoms with Crippen LogP contribution in [0.3, 0.4) is 0 Å². The Hall–Kier alpha value is -2.10. The van der Waals surface area contributed by atoms with Crippen LogP contribution in [0.15, 0.2) is 42.2 Å². The van der Waals surface area contributed by atoms with Gasteiger partial charge in [0.2, 0.25) is 11.5 Å². The fraction of sp³-hybridized carbons (Fsp3) is 0.231. The predicted molar refractivity (Wildman–Crippen MR) is 60.4 cm³/mol. The molecule has 1 aliphatic heterocycles. The second-order valence-electron chi connectivity index (χ2n) is 4.17. The lowest BCUT2D eigenvalue weighted by atomic mass is 9.93. The lowest BCUT2D eigenvalue weighted by Gasteiger charge is -2.22. The van der Waals surface area contributed by atoms with Crippen molar-refractivity contribution in [3.63, 3.8) is 0 Å². The molecule has 0 bridgehead atoms. The van der Waals surface area contributed by atoms with E-state index in [1.54, 1.807) is 6.92 Å². The number of benzene rings is 1. The molecule has 0 spiro atoms. The number of carbonyl (C=O) groups excluding carboxylic acids is 1. The third kappa shape index (κ3) is 2.20. The van der Waals surface area contributed by atoms with Gasteiger partial charge < -0.3 is 9.84 Å². The van der Waals surface area contributed by atoms with Gasteiger partial charge in [-0.15, -0.1) is 0 Å². The van der Waals surface area contributed by atoms with Crippen LogP contribution in [0.5, 0.6) is 0 Å². The van der Waals surface area contributed by atoms with Gasteiger partial charge in [-0.05, 0) is 12.5 Å². The lowest BCUT2D eigenvalue weighted by molar-refractivity contribution is -0.140. The zero-order valence-electron chi connectivity index (χ0n) is 9.34. The molecule has 1 atom stereocenters. The summed E-state index contributed by atoms with van der Waals surface area (Å²) in [5.41, 5.74) is -0.168. The van der Waals surface area contributed by atoms with Crippen molar-refractivity contribution in [3.8, 4) is 0 Å². The van der Waals surface area contributed by atoms with Crippen molar-refractivity contribution in [1.29, 1.82) is 0 Å². The van der Waals surface area contributed by atoms with Crippen LogP contribution in [0.4, 0.5) is 0 Å². The summed E-state index contributed by atoms with van der Waals surface area (Å²) < 4.78 is 5.24. The Balaban J connectivity index is 2.18. The van der Waals surface area contributed by atoms with Gasteiger partial charge in [-0.3, -0.25) is 4.79 Å². The van der Waals surface area contributed by atoms with E-state index in [1.165, 1.54) is 0 Å². The van der Waals surface area contributed by atoms with E-state index in [4.69, 9.17) is 9.84 Å². The number of carboxylic acid groups (broad SMARTS) is 1. The minimum Gasteiger partial charge on any atom is -0.475 e. The van der Waals surface area contributed by atoms with Gasteiger partial charge in [0.15, 0.2) is 5.60 Å². The number of ether oxygens (including phenoxy) is 1. The maximum Gasteiger partial charge on any atom is 0.371 e. The van der Waals surface area contributed by atoms with E-state index >= 15 is 0 Å². The van der Waals surface area contributed by atoms with Crippen molar-refractivity contribution in [1.82, 2.24) is 0 Å². The van der Waals surface area contributed by atoms with Crippen molar-refractivity contribution >= 4 is 11.8 Å². The second kappa shape index (κ2) is 4.05. The number of aliphatic carboxylic acids is 1. The number of ketones is 1. The first kappa shape index (κ1) is 11.4. The minimum absolute atomic E-state index is 0.284. The molecule has 1 N–H and O–H groups in total. The summed E-state index contributed by atoms with van der Waals surface area (Å²) in [6, 6.07) is 9.36. The molecule has 0 aliphatic carbocycles. The standard InChI is InChI=1S/C13H12O4/c1-13(8-9-5-3-2-4-6-9)11(14)7-10(17-13)12(15)16/h2-7H,8H2,1H3,(H,15,16). The summed E-state index contributed by atoms with van der Waals surface area (Å²) in [4.78, 5) is 22.5. The Labute approximate surface area is 98.5 Å². The molecule has 0 saturated carbocycles. The Morgan fingerprint density at radius 1 is 1.35 bits per heavy atom. The fourth-order valence-electron chi connectivity index (χ4n) is 1.81. The van der Waals surface area contributed by atoms with Crippen LogP contribution in [-0.4, -0.2) is 22.5 Å². The van der Waals surface area contributed by atoms with E-state index in [1.807, 2.05) is 30.3 Å². The summed E-state index contributed by atoms with van der Waals surface area (Å²) in [6.45, 7) is 1.61. The molecule has 0 fully saturated rings. The van der Waals surface area contributed by atoms with Crippen LogP contribution in [0.1, 0.15) is 12.5 Å². The molecule has 17 heavy (non-hydrogen) atoms. The highest BCUT2D eigenvalue weighted by Crippen LogP contribution is 2.28. The maximum absolute atomic E-state index is 11.8. The van der Waals surface area contributed by atoms with Gasteiger partial charge in [-0.2, -0.15) is 0 Å². The number of carbonyl (C=O) groups is 2. The Morgan fingerprint density at radius 3 is 2.53 bits per heavy atom. The first-order valence-electron chi connectivity index (χ1n) is 5.24. The molecule has 0 amide bonds. The van der Waals surface area contributed by atoms with Gasteiger partial charge >= 0.3 is 5.97 Å². The van der Waals surface area contributed by atoms with Gasteiger partial charge in [0, 0.05) is 12.5 Å². The SMILES string of the molecule is CC1(Cc2ccccc2)OC(C(=O)O)=CC1=O. The van der Waals surface area contributed by atoms with E-state index in [0.29, 0.717) is 6.42 Å². The summed E-state index contributed by atoms with van der Waals surface area (Å²) in [6.07, 6.45) is 1.41. The quantitative estimate of drug-likeness (QED) is 0.858. The zero-order valence-corrected chi connectivity index (χ0v) is 9.34. The van der Waals surface area contributed by atoms with Crippen LogP contribution in [0, 0.1) is 0 Å². The molecule has 1 aromatic carbocycles. The average molecular weight is 232 g/mol. The van der Waals surface area contributed by atoms with Crippen LogP contribution >= 0.6 is 0 Å². The molecule has 4 heteroatoms. The maximum atomic E-state index is 11.8. The first-order chi connectivity index (χ1) is 8.01. The molecular formula is C13H12O4. The van der Waals surface area contributed by atoms with E-state index in [-0.39, 0.29) is 11.5 Å². The number of hydrogen-bond acceptors (Lipinski definition) is 3. The Morgan fingerprint density at radius 2 is 2.00 bits per heavy atom. The third-order valence-corrected chi connectivity index (χ3v) is 2.71. The highest BCUT2D eigenvalue weighted by atomic mass is 16.5. The topological polar surface area (TPSA) is 63.6 Å². The summed E-state index contributed by atoms with van der Waals surface area (Å²) in [7, 11) is 0. The monoisotopic (exact) mass is 232 g/mol. The molecule has 0 saturated heterocycles. The van der Waals surface area contributed by atoms with Gasteiger partial charge in [-0.1, -0.05) is 30.3 Å². The van der Waals surface area contributed by atoms with Crippen molar-refractivity contribution in [3.05, 3.63) is 47.7 Å². The average Bonchev–Trinajstić information content (AvgIpc) is 2.57. The number of rotatable bonds is 3. The van der Waals surface area contributed by atoms with E-state index in [2.05, 4.69) is 0 Å². The zero-order chi connectivity index (χ0) is 12.5. The van der Waals surface area contributed by atoms with E-state index in [0.717, 1.165) is 11.6 Å². The molecule has 88 valence electrons. The van der Waals surface area contributed by atoms with Crippen LogP contribution in [0.2, 0.25) is 0 Å². The van der Waals surface area contributed by atoms with Crippen LogP contribution < -0.4 is 0 Å². The minimum atomic E-state index is -1.21. The van der Waals surface area contributed by atoms with Gasteiger partial charge in [0.25, 0.3) is 0 Å². The van der Waals surface area contributed by atoms with E-state index in [9.17, 15) is 9.59 Å². The lowest BCUT2D eigenvalue weighted by Crippen LogP contribution is -2.35. The first-order valence-corrected chi connectivity index (χ1v) is 5.24. The Bertz CT molecular complexity index is 489. The molecule has 1 unspecified atom stereocenters. The second-order valence-corrected chi connectivity index (χ2v) is 4.17. The summed E-state index contributed by atoms with van der Waals surface area (Å²) >= 11 is 0. The molecule has 1 heterocycles. The molecular weight excluding hydrogens is 220 g/mol. The molecule has 1 aromatic rings. The smallest absolute Gasteiger partial charge is 0.371 e. The van der Waals surface area contributed by atoms with E-state index < -0.39 is 11.6 Å². The largest absolute Gasteiger partial charge is 0.475 e. The third-order valence-electron chi connectivity index (χ3n) is 2.71. The van der Waals surface area contributed by atoms with Crippen molar-refractivity contribution in [2.24, 2.45) is 0 Å². The molecule has 0 radical (unpaired) electrons. The molecule has 2 rings (SSSR count). The van der Waals surface area contributed by atoms with Gasteiger partial charge in [-0.25, -0.2) is 4.79 Å². The van der Waals surface area contributed by atoms with Gasteiger partial charge in [0.1, 0.15) is 0 Å². The number of carboxylic acids is 1. The highest BCUT2D eigenvalue weighted by molar-refractivity contribution is 6.05. The normalized spacial score (nSPS) is 23.1. The summed E-state index contributed by atoms with van der Waals surface area (Å²) in [5, 5.41) is 8.78. The number of hydrogen-bond donors (Lipinski definition) is 1. The van der Waals surface area contributed by atoms with Crippen LogP contribution in [-0.2, 0) is 20.7 Å². The summed E-state index contributed by atoms with van der Waals surface area (Å²) in [5.74, 6) is -1.80. The van der Waals surface area contributed by atoms with Gasteiger partial charge in [0.05, 0.1) is 0 Å². The molecule has 4 nitrogen and oxygen atoms in total. The predicted octanol–water partition coefficient (Wildman–Crippen LogP) is 1.56. The highest BCUT2D eigenvalue weighted by Gasteiger charge is 2.42. The van der Waals surface area contributed by atoms with Crippen molar-refractivity contribution < 1.29 is 19.4 Å². The van der Waals surface area contributed by atoms with Crippen LogP contribution in [0.25, 0.3) is 0 Å².